The van der Waals surface area contributed by atoms with Gasteiger partial charge in [0.2, 0.25) is 0 Å². The van der Waals surface area contributed by atoms with Gasteiger partial charge in [-0.05, 0) is 20.0 Å². The van der Waals surface area contributed by atoms with Gasteiger partial charge in [-0.3, -0.25) is 0 Å². The van der Waals surface area contributed by atoms with Gasteiger partial charge in [0.15, 0.2) is 0 Å². The van der Waals surface area contributed by atoms with Gasteiger partial charge in [-0.25, -0.2) is 9.97 Å². The zero-order chi connectivity index (χ0) is 12.3. The monoisotopic (exact) mass is 231 g/mol. The summed E-state index contributed by atoms with van der Waals surface area (Å²) in [7, 11) is 3.59. The molecule has 0 aliphatic rings. The van der Waals surface area contributed by atoms with E-state index in [1.54, 1.807) is 7.11 Å². The Morgan fingerprint density at radius 2 is 2.12 bits per heavy atom. The molecule has 90 valence electrons. The maximum Gasteiger partial charge on any atom is 0.145 e. The van der Waals surface area contributed by atoms with E-state index in [0.29, 0.717) is 0 Å². The van der Waals surface area contributed by atoms with E-state index in [1.165, 1.54) is 0 Å². The summed E-state index contributed by atoms with van der Waals surface area (Å²) in [6.45, 7) is 2.88. The van der Waals surface area contributed by atoms with Crippen LogP contribution in [-0.2, 0) is 6.42 Å². The highest BCUT2D eigenvalue weighted by atomic mass is 16.5. The Bertz CT molecular complexity index is 525. The van der Waals surface area contributed by atoms with E-state index in [9.17, 15) is 0 Å². The minimum absolute atomic E-state index is 0.804. The van der Waals surface area contributed by atoms with Gasteiger partial charge in [-0.15, -0.1) is 0 Å². The highest BCUT2D eigenvalue weighted by molar-refractivity contribution is 5.86. The molecule has 0 amide bonds. The number of likely N-dealkylation sites (N-methyl/N-ethyl adjacent to an activating group) is 1. The third kappa shape index (κ3) is 2.36. The number of ether oxygens (including phenoxy) is 1. The van der Waals surface area contributed by atoms with Crippen molar-refractivity contribution in [2.45, 2.75) is 13.3 Å². The van der Waals surface area contributed by atoms with E-state index in [0.717, 1.165) is 41.1 Å². The summed E-state index contributed by atoms with van der Waals surface area (Å²) in [6.07, 6.45) is 0.825. The topological polar surface area (TPSA) is 47.0 Å². The number of para-hydroxylation sites is 1. The zero-order valence-corrected chi connectivity index (χ0v) is 10.4. The lowest BCUT2D eigenvalue weighted by Crippen LogP contribution is -2.12. The Kier molecular flexibility index (Phi) is 3.54. The molecule has 0 saturated carbocycles. The van der Waals surface area contributed by atoms with Crippen molar-refractivity contribution >= 4 is 10.9 Å². The van der Waals surface area contributed by atoms with Gasteiger partial charge < -0.3 is 10.1 Å². The predicted octanol–water partition coefficient (Wildman–Crippen LogP) is 1.71. The van der Waals surface area contributed by atoms with Crippen LogP contribution in [0.4, 0.5) is 0 Å². The molecule has 0 saturated heterocycles. The van der Waals surface area contributed by atoms with Gasteiger partial charge in [0, 0.05) is 24.0 Å². The van der Waals surface area contributed by atoms with Gasteiger partial charge in [0.1, 0.15) is 17.1 Å². The number of hydrogen-bond donors (Lipinski definition) is 1. The van der Waals surface area contributed by atoms with Gasteiger partial charge in [-0.2, -0.15) is 0 Å². The molecule has 0 fully saturated rings. The number of aromatic nitrogens is 2. The smallest absolute Gasteiger partial charge is 0.145 e. The van der Waals surface area contributed by atoms with E-state index >= 15 is 0 Å². The van der Waals surface area contributed by atoms with Gasteiger partial charge in [0.05, 0.1) is 7.11 Å². The van der Waals surface area contributed by atoms with E-state index < -0.39 is 0 Å². The number of fused-ring (bicyclic) bond motifs is 1. The molecule has 1 aromatic heterocycles. The Balaban J connectivity index is 2.53. The van der Waals surface area contributed by atoms with Crippen LogP contribution in [0, 0.1) is 6.92 Å². The molecule has 2 rings (SSSR count). The molecule has 0 unspecified atom stereocenters. The Morgan fingerprint density at radius 3 is 2.82 bits per heavy atom. The Labute approximate surface area is 101 Å². The summed E-state index contributed by atoms with van der Waals surface area (Å²) < 4.78 is 5.34. The molecule has 0 atom stereocenters. The Hall–Kier alpha value is -1.68. The summed E-state index contributed by atoms with van der Waals surface area (Å²) in [5.41, 5.74) is 1.90. The predicted molar refractivity (Wildman–Crippen MR) is 68.5 cm³/mol. The van der Waals surface area contributed by atoms with Crippen molar-refractivity contribution in [2.24, 2.45) is 0 Å². The van der Waals surface area contributed by atoms with Crippen molar-refractivity contribution in [3.05, 3.63) is 29.7 Å². The molecular formula is C13H17N3O. The van der Waals surface area contributed by atoms with Crippen LogP contribution >= 0.6 is 0 Å². The molecule has 4 nitrogen and oxygen atoms in total. The molecule has 0 bridgehead atoms. The van der Waals surface area contributed by atoms with Crippen LogP contribution in [0.25, 0.3) is 10.9 Å². The van der Waals surface area contributed by atoms with Crippen molar-refractivity contribution in [2.75, 3.05) is 20.7 Å². The van der Waals surface area contributed by atoms with Crippen LogP contribution in [-0.4, -0.2) is 30.7 Å². The van der Waals surface area contributed by atoms with E-state index in [-0.39, 0.29) is 0 Å². The normalized spacial score (nSPS) is 10.8. The maximum absolute atomic E-state index is 5.34. The highest BCUT2D eigenvalue weighted by Crippen LogP contribution is 2.24. The molecule has 17 heavy (non-hydrogen) atoms. The van der Waals surface area contributed by atoms with Gasteiger partial charge >= 0.3 is 0 Å². The first-order valence-corrected chi connectivity index (χ1v) is 5.71. The second-order valence-electron chi connectivity index (χ2n) is 3.94. The van der Waals surface area contributed by atoms with Crippen LogP contribution in [0.1, 0.15) is 11.5 Å². The third-order valence-electron chi connectivity index (χ3n) is 2.74. The van der Waals surface area contributed by atoms with Crippen LogP contribution in [0.2, 0.25) is 0 Å². The fraction of sp³-hybridized carbons (Fsp3) is 0.385. The van der Waals surface area contributed by atoms with Crippen LogP contribution < -0.4 is 10.1 Å². The van der Waals surface area contributed by atoms with Crippen molar-refractivity contribution in [3.8, 4) is 5.75 Å². The van der Waals surface area contributed by atoms with Gasteiger partial charge in [-0.1, -0.05) is 12.1 Å². The molecule has 1 N–H and O–H groups in total. The van der Waals surface area contributed by atoms with E-state index in [2.05, 4.69) is 15.3 Å². The number of methoxy groups -OCH3 is 1. The molecule has 4 heteroatoms. The van der Waals surface area contributed by atoms with Crippen molar-refractivity contribution < 1.29 is 4.74 Å². The van der Waals surface area contributed by atoms with E-state index in [1.807, 2.05) is 32.2 Å². The summed E-state index contributed by atoms with van der Waals surface area (Å²) in [5.74, 6) is 1.66. The summed E-state index contributed by atoms with van der Waals surface area (Å²) >= 11 is 0. The minimum atomic E-state index is 0.804. The fourth-order valence-corrected chi connectivity index (χ4v) is 1.85. The molecule has 0 aliphatic heterocycles. The molecule has 2 aromatic rings. The number of hydrogen-bond acceptors (Lipinski definition) is 4. The summed E-state index contributed by atoms with van der Waals surface area (Å²) in [5, 5.41) is 4.15. The Morgan fingerprint density at radius 1 is 1.29 bits per heavy atom. The second kappa shape index (κ2) is 5.10. The number of aryl methyl sites for hydroxylation is 1. The van der Waals surface area contributed by atoms with Crippen LogP contribution in [0.15, 0.2) is 18.2 Å². The van der Waals surface area contributed by atoms with Crippen molar-refractivity contribution in [1.82, 2.24) is 15.3 Å². The summed E-state index contributed by atoms with van der Waals surface area (Å²) in [6, 6.07) is 5.91. The first-order valence-electron chi connectivity index (χ1n) is 5.71. The molecule has 1 aromatic carbocycles. The molecule has 0 aliphatic carbocycles. The second-order valence-corrected chi connectivity index (χ2v) is 3.94. The average Bonchev–Trinajstić information content (AvgIpc) is 2.35. The standard InChI is InChI=1S/C13H17N3O/c1-9-10-5-4-6-11(17-3)13(10)16-12(15-9)7-8-14-2/h4-6,14H,7-8H2,1-3H3. The summed E-state index contributed by atoms with van der Waals surface area (Å²) in [4.78, 5) is 9.08. The fourth-order valence-electron chi connectivity index (χ4n) is 1.85. The number of rotatable bonds is 4. The van der Waals surface area contributed by atoms with Crippen LogP contribution in [0.5, 0.6) is 5.75 Å². The lowest BCUT2D eigenvalue weighted by atomic mass is 10.1. The first-order chi connectivity index (χ1) is 8.26. The zero-order valence-electron chi connectivity index (χ0n) is 10.4. The first kappa shape index (κ1) is 11.8. The highest BCUT2D eigenvalue weighted by Gasteiger charge is 2.08. The maximum atomic E-state index is 5.34. The van der Waals surface area contributed by atoms with Crippen molar-refractivity contribution in [3.63, 3.8) is 0 Å². The number of nitrogens with zero attached hydrogens (tertiary/aromatic N) is 2. The van der Waals surface area contributed by atoms with Crippen LogP contribution in [0.3, 0.4) is 0 Å². The number of benzene rings is 1. The lowest BCUT2D eigenvalue weighted by molar-refractivity contribution is 0.418. The molecule has 0 radical (unpaired) electrons. The van der Waals surface area contributed by atoms with Crippen molar-refractivity contribution in [1.29, 1.82) is 0 Å². The lowest BCUT2D eigenvalue weighted by Gasteiger charge is -2.08. The average molecular weight is 231 g/mol. The molecule has 0 spiro atoms. The van der Waals surface area contributed by atoms with E-state index in [4.69, 9.17) is 4.74 Å². The molecular weight excluding hydrogens is 214 g/mol. The quantitative estimate of drug-likeness (QED) is 0.870. The SMILES string of the molecule is CNCCc1nc(C)c2cccc(OC)c2n1. The largest absolute Gasteiger partial charge is 0.494 e. The minimum Gasteiger partial charge on any atom is -0.494 e. The van der Waals surface area contributed by atoms with Gasteiger partial charge in [0.25, 0.3) is 0 Å². The number of nitrogens with one attached hydrogen (secondary N) is 1. The third-order valence-corrected chi connectivity index (χ3v) is 2.74. The molecule has 1 heterocycles.